The summed E-state index contributed by atoms with van der Waals surface area (Å²) in [4.78, 5) is 39.1. The lowest BCUT2D eigenvalue weighted by atomic mass is 10.1. The summed E-state index contributed by atoms with van der Waals surface area (Å²) in [5.74, 6) is -0.813. The number of aromatic nitrogens is 3. The number of carbonyl (C=O) groups is 2. The zero-order valence-corrected chi connectivity index (χ0v) is 16.8. The van der Waals surface area contributed by atoms with Crippen LogP contribution in [0.15, 0.2) is 77.7 Å². The Morgan fingerprint density at radius 3 is 2.56 bits per heavy atom. The third kappa shape index (κ3) is 3.53. The number of rotatable bonds is 5. The van der Waals surface area contributed by atoms with Crippen LogP contribution in [0.3, 0.4) is 0 Å². The van der Waals surface area contributed by atoms with Crippen LogP contribution in [-0.2, 0) is 17.8 Å². The summed E-state index contributed by atoms with van der Waals surface area (Å²) in [7, 11) is 0. The van der Waals surface area contributed by atoms with Crippen molar-refractivity contribution in [2.24, 2.45) is 0 Å². The van der Waals surface area contributed by atoms with Crippen LogP contribution < -0.4 is 15.9 Å². The average Bonchev–Trinajstić information content (AvgIpc) is 3.24. The van der Waals surface area contributed by atoms with Gasteiger partial charge in [0.1, 0.15) is 11.9 Å². The Hall–Kier alpha value is -4.27. The zero-order chi connectivity index (χ0) is 22.2. The van der Waals surface area contributed by atoms with Crippen molar-refractivity contribution in [3.05, 3.63) is 100 Å². The Kier molecular flexibility index (Phi) is 4.78. The molecule has 3 heterocycles. The van der Waals surface area contributed by atoms with Crippen LogP contribution in [0.4, 0.5) is 14.9 Å². The van der Waals surface area contributed by atoms with Crippen molar-refractivity contribution in [3.63, 3.8) is 0 Å². The molecule has 3 amide bonds. The van der Waals surface area contributed by atoms with Gasteiger partial charge in [-0.1, -0.05) is 30.3 Å². The van der Waals surface area contributed by atoms with E-state index < -0.39 is 23.8 Å². The van der Waals surface area contributed by atoms with E-state index in [0.717, 1.165) is 4.90 Å². The summed E-state index contributed by atoms with van der Waals surface area (Å²) in [6, 6.07) is 16.7. The molecule has 2 aromatic carbocycles. The standard InChI is InChI=1S/C23H18FN5O3/c24-17-7-3-5-15(11-17)13-19-21(30)29(22(31)25-19)18-8-4-6-16(12-18)14-28-23(32)27-10-2-1-9-20(27)26-28/h1-12,19H,13-14H2,(H,25,31). The Balaban J connectivity index is 1.38. The van der Waals surface area contributed by atoms with Crippen molar-refractivity contribution in [1.29, 1.82) is 0 Å². The number of hydrogen-bond donors (Lipinski definition) is 1. The Morgan fingerprint density at radius 1 is 0.938 bits per heavy atom. The third-order valence-corrected chi connectivity index (χ3v) is 5.34. The molecule has 0 saturated carbocycles. The maximum atomic E-state index is 13.5. The number of imide groups is 1. The summed E-state index contributed by atoms with van der Waals surface area (Å²) < 4.78 is 16.2. The van der Waals surface area contributed by atoms with Crippen LogP contribution in [0.2, 0.25) is 0 Å². The lowest BCUT2D eigenvalue weighted by molar-refractivity contribution is -0.118. The van der Waals surface area contributed by atoms with Gasteiger partial charge in [0.05, 0.1) is 12.2 Å². The predicted octanol–water partition coefficient (Wildman–Crippen LogP) is 2.35. The first kappa shape index (κ1) is 19.7. The molecule has 4 aromatic rings. The fourth-order valence-electron chi connectivity index (χ4n) is 3.85. The smallest absolute Gasteiger partial charge is 0.325 e. The number of carbonyl (C=O) groups excluding carboxylic acids is 2. The predicted molar refractivity (Wildman–Crippen MR) is 115 cm³/mol. The highest BCUT2D eigenvalue weighted by Gasteiger charge is 2.39. The van der Waals surface area contributed by atoms with Gasteiger partial charge in [-0.15, -0.1) is 5.10 Å². The molecule has 1 aliphatic rings. The first-order valence-electron chi connectivity index (χ1n) is 10.0. The van der Waals surface area contributed by atoms with E-state index in [1.165, 1.54) is 21.2 Å². The zero-order valence-electron chi connectivity index (χ0n) is 16.8. The largest absolute Gasteiger partial charge is 0.350 e. The van der Waals surface area contributed by atoms with Gasteiger partial charge in [-0.2, -0.15) is 0 Å². The van der Waals surface area contributed by atoms with Gasteiger partial charge in [0.15, 0.2) is 5.65 Å². The first-order chi connectivity index (χ1) is 15.5. The number of fused-ring (bicyclic) bond motifs is 1. The highest BCUT2D eigenvalue weighted by Crippen LogP contribution is 2.23. The molecule has 0 spiro atoms. The molecule has 0 aliphatic carbocycles. The van der Waals surface area contributed by atoms with Gasteiger partial charge in [-0.25, -0.2) is 23.6 Å². The van der Waals surface area contributed by atoms with Gasteiger partial charge < -0.3 is 5.32 Å². The molecule has 1 unspecified atom stereocenters. The van der Waals surface area contributed by atoms with Gasteiger partial charge in [-0.3, -0.25) is 9.20 Å². The summed E-state index contributed by atoms with van der Waals surface area (Å²) >= 11 is 0. The molecular formula is C23H18FN5O3. The normalized spacial score (nSPS) is 16.0. The van der Waals surface area contributed by atoms with E-state index in [-0.39, 0.29) is 18.7 Å². The van der Waals surface area contributed by atoms with E-state index in [9.17, 15) is 18.8 Å². The van der Waals surface area contributed by atoms with Crippen molar-refractivity contribution < 1.29 is 14.0 Å². The third-order valence-electron chi connectivity index (χ3n) is 5.34. The van der Waals surface area contributed by atoms with E-state index in [0.29, 0.717) is 22.5 Å². The minimum absolute atomic E-state index is 0.185. The van der Waals surface area contributed by atoms with Crippen molar-refractivity contribution in [1.82, 2.24) is 19.5 Å². The molecule has 9 heteroatoms. The SMILES string of the molecule is O=C1NC(Cc2cccc(F)c2)C(=O)N1c1cccc(Cn2nc3ccccn3c2=O)c1. The monoisotopic (exact) mass is 431 g/mol. The molecule has 0 radical (unpaired) electrons. The molecule has 1 fully saturated rings. The number of amides is 3. The quantitative estimate of drug-likeness (QED) is 0.492. The summed E-state index contributed by atoms with van der Waals surface area (Å²) in [5.41, 5.74) is 1.97. The molecule has 160 valence electrons. The molecule has 2 aromatic heterocycles. The van der Waals surface area contributed by atoms with Crippen molar-refractivity contribution in [2.45, 2.75) is 19.0 Å². The second-order valence-corrected chi connectivity index (χ2v) is 7.55. The van der Waals surface area contributed by atoms with Crippen LogP contribution in [0, 0.1) is 5.82 Å². The van der Waals surface area contributed by atoms with E-state index in [2.05, 4.69) is 10.4 Å². The van der Waals surface area contributed by atoms with Crippen LogP contribution in [0.1, 0.15) is 11.1 Å². The molecule has 8 nitrogen and oxygen atoms in total. The molecule has 1 N–H and O–H groups in total. The number of nitrogens with zero attached hydrogens (tertiary/aromatic N) is 4. The fourth-order valence-corrected chi connectivity index (χ4v) is 3.85. The minimum Gasteiger partial charge on any atom is -0.325 e. The van der Waals surface area contributed by atoms with Gasteiger partial charge in [0.25, 0.3) is 5.91 Å². The number of nitrogens with one attached hydrogen (secondary N) is 1. The van der Waals surface area contributed by atoms with E-state index in [4.69, 9.17) is 0 Å². The van der Waals surface area contributed by atoms with Crippen molar-refractivity contribution >= 4 is 23.3 Å². The Bertz CT molecular complexity index is 1410. The van der Waals surface area contributed by atoms with Gasteiger partial charge in [0, 0.05) is 12.6 Å². The molecule has 1 atom stereocenters. The van der Waals surface area contributed by atoms with Crippen LogP contribution in [0.5, 0.6) is 0 Å². The maximum absolute atomic E-state index is 13.5. The molecule has 1 saturated heterocycles. The molecule has 32 heavy (non-hydrogen) atoms. The number of benzene rings is 2. The summed E-state index contributed by atoms with van der Waals surface area (Å²) in [5, 5.41) is 6.97. The maximum Gasteiger partial charge on any atom is 0.350 e. The fraction of sp³-hybridized carbons (Fsp3) is 0.130. The minimum atomic E-state index is -0.783. The second kappa shape index (κ2) is 7.77. The van der Waals surface area contributed by atoms with Crippen LogP contribution in [-0.4, -0.2) is 32.2 Å². The topological polar surface area (TPSA) is 88.7 Å². The first-order valence-corrected chi connectivity index (χ1v) is 10.0. The molecular weight excluding hydrogens is 413 g/mol. The number of anilines is 1. The van der Waals surface area contributed by atoms with Crippen molar-refractivity contribution in [2.75, 3.05) is 4.90 Å². The molecule has 0 bridgehead atoms. The lowest BCUT2D eigenvalue weighted by Gasteiger charge is -2.14. The number of pyridine rings is 1. The average molecular weight is 431 g/mol. The summed E-state index contributed by atoms with van der Waals surface area (Å²) in [6.07, 6.45) is 1.83. The van der Waals surface area contributed by atoms with Crippen LogP contribution >= 0.6 is 0 Å². The van der Waals surface area contributed by atoms with Gasteiger partial charge in [-0.05, 0) is 47.5 Å². The highest BCUT2D eigenvalue weighted by molar-refractivity contribution is 6.21. The highest BCUT2D eigenvalue weighted by atomic mass is 19.1. The van der Waals surface area contributed by atoms with Crippen molar-refractivity contribution in [3.8, 4) is 0 Å². The number of halogens is 1. The molecule has 1 aliphatic heterocycles. The lowest BCUT2D eigenvalue weighted by Crippen LogP contribution is -2.32. The molecule has 5 rings (SSSR count). The summed E-state index contributed by atoms with van der Waals surface area (Å²) in [6.45, 7) is 0.185. The van der Waals surface area contributed by atoms with E-state index in [1.807, 2.05) is 0 Å². The number of urea groups is 1. The van der Waals surface area contributed by atoms with E-state index >= 15 is 0 Å². The second-order valence-electron chi connectivity index (χ2n) is 7.55. The Labute approximate surface area is 181 Å². The van der Waals surface area contributed by atoms with Crippen LogP contribution in [0.25, 0.3) is 5.65 Å². The number of hydrogen-bond acceptors (Lipinski definition) is 4. The van der Waals surface area contributed by atoms with Gasteiger partial charge >= 0.3 is 11.7 Å². The van der Waals surface area contributed by atoms with Gasteiger partial charge in [0.2, 0.25) is 0 Å². The van der Waals surface area contributed by atoms with E-state index in [1.54, 1.807) is 60.8 Å². The Morgan fingerprint density at radius 2 is 1.75 bits per heavy atom.